The van der Waals surface area contributed by atoms with Gasteiger partial charge in [0.05, 0.1) is 43.0 Å². The number of rotatable bonds is 13. The van der Waals surface area contributed by atoms with Crippen LogP contribution in [0.25, 0.3) is 33.6 Å². The number of methoxy groups -OCH3 is 1. The fourth-order valence-corrected chi connectivity index (χ4v) is 13.4. The highest BCUT2D eigenvalue weighted by molar-refractivity contribution is 5.92. The van der Waals surface area contributed by atoms with Gasteiger partial charge in [0.1, 0.15) is 17.7 Å². The van der Waals surface area contributed by atoms with Crippen LogP contribution < -0.4 is 10.6 Å². The van der Waals surface area contributed by atoms with Gasteiger partial charge in [-0.15, -0.1) is 0 Å². The van der Waals surface area contributed by atoms with Gasteiger partial charge < -0.3 is 30.2 Å². The number of halogens is 4. The van der Waals surface area contributed by atoms with Crippen LogP contribution >= 0.6 is 0 Å². The standard InChI is InChI=1S/C50H53F4N7O5/c1-3-40(62)59-42(28-14-32-33(15-28)49(32,51)52)44(63)41-30-12-26(30)13-31(41)45-55-20-36(57-45)24-8-4-22(5-9-24)23-6-10-25(11-7-23)37-21-56-46(58-37)39-19-27-18-38(27)61(39)47(64)43(60-48(65)66-2)29-16-34-35(17-29)50(34,53)54/h4-11,20-21,26-35,38-39,41-43H,3,12-19H2,1-2H3,(H,55,57)(H,56,58)(H,59,62)(H,60,65)/t26-,27-,28?,29?,30-,31-,32-,33+,34-,35+,38-,39+,41?,42?,43?/m1/s1. The second-order valence-corrected chi connectivity index (χ2v) is 20.8. The number of Topliss-reactive ketones (excluding diaryl/α,β-unsaturated/α-hetero) is 1. The number of hydrogen-bond donors (Lipinski definition) is 4. The summed E-state index contributed by atoms with van der Waals surface area (Å²) in [5.41, 5.74) is 5.50. The van der Waals surface area contributed by atoms with Crippen LogP contribution in [0.1, 0.15) is 88.3 Å². The Bertz CT molecular complexity index is 2410. The maximum absolute atomic E-state index is 14.4. The quantitative estimate of drug-likeness (QED) is 0.0982. The van der Waals surface area contributed by atoms with Crippen LogP contribution in [0.2, 0.25) is 0 Å². The number of alkyl halides is 4. The number of H-pyrrole nitrogens is 2. The average Bonchev–Trinajstić information content (AvgIpc) is 4.01. The number of aromatic amines is 2. The Hall–Kier alpha value is -5.54. The lowest BCUT2D eigenvalue weighted by Gasteiger charge is -2.33. The van der Waals surface area contributed by atoms with Crippen LogP contribution in [-0.4, -0.2) is 85.6 Å². The molecule has 0 bridgehead atoms. The summed E-state index contributed by atoms with van der Waals surface area (Å²) in [6, 6.07) is 14.3. The predicted octanol–water partition coefficient (Wildman–Crippen LogP) is 8.31. The van der Waals surface area contributed by atoms with Gasteiger partial charge in [0.2, 0.25) is 11.8 Å². The number of hydrogen-bond acceptors (Lipinski definition) is 7. The molecular weight excluding hydrogens is 855 g/mol. The molecule has 0 radical (unpaired) electrons. The number of carbonyl (C=O) groups excluding carboxylic acids is 4. The third kappa shape index (κ3) is 6.80. The number of piperidine rings is 1. The van der Waals surface area contributed by atoms with Gasteiger partial charge in [-0.3, -0.25) is 14.4 Å². The van der Waals surface area contributed by atoms with Gasteiger partial charge in [0.25, 0.3) is 11.8 Å². The molecule has 0 spiro atoms. The van der Waals surface area contributed by atoms with Crippen LogP contribution in [0.4, 0.5) is 22.4 Å². The molecule has 7 saturated carbocycles. The van der Waals surface area contributed by atoms with Crippen LogP contribution in [0.15, 0.2) is 60.9 Å². The molecule has 8 aliphatic rings. The van der Waals surface area contributed by atoms with Crippen LogP contribution in [0.5, 0.6) is 0 Å². The van der Waals surface area contributed by atoms with Gasteiger partial charge in [0, 0.05) is 48.0 Å². The van der Waals surface area contributed by atoms with E-state index in [1.165, 1.54) is 7.11 Å². The fourth-order valence-electron chi connectivity index (χ4n) is 13.4. The number of fused-ring (bicyclic) bond motifs is 4. The average molecular weight is 908 g/mol. The largest absolute Gasteiger partial charge is 0.453 e. The molecule has 66 heavy (non-hydrogen) atoms. The zero-order valence-electron chi connectivity index (χ0n) is 36.7. The Morgan fingerprint density at radius 2 is 1.23 bits per heavy atom. The maximum atomic E-state index is 14.4. The normalized spacial score (nSPS) is 35.2. The van der Waals surface area contributed by atoms with E-state index in [2.05, 4.69) is 20.6 Å². The third-order valence-corrected chi connectivity index (χ3v) is 17.3. The minimum absolute atomic E-state index is 0.0210. The lowest BCUT2D eigenvalue weighted by Crippen LogP contribution is -2.53. The fraction of sp³-hybridized carbons (Fsp3) is 0.560. The highest BCUT2D eigenvalue weighted by Crippen LogP contribution is 2.68. The number of benzene rings is 2. The molecule has 3 heterocycles. The number of carbonyl (C=O) groups is 4. The Balaban J connectivity index is 0.709. The SMILES string of the molecule is CCC(=O)NC(C(=O)C1[C@H](c2ncc(-c3ccc(-c4ccc(-c5cnc([C@@H]6C[C@H]7C[C@H]7N6C(=O)C(NC(=O)OC)C6C[C@@H]7[C@H](C6)C7(F)F)[nH]5)cc4)cc3)[nH]2)C[C@H]2C[C@@H]12)C1C[C@@H]2[C@H](C1)C2(F)F. The van der Waals surface area contributed by atoms with Crippen molar-refractivity contribution in [1.82, 2.24) is 35.5 Å². The lowest BCUT2D eigenvalue weighted by molar-refractivity contribution is -0.137. The van der Waals surface area contributed by atoms with Crippen molar-refractivity contribution in [2.24, 2.45) is 59.2 Å². The van der Waals surface area contributed by atoms with Crippen molar-refractivity contribution >= 4 is 23.7 Å². The molecule has 12 rings (SSSR count). The molecule has 2 aromatic carbocycles. The summed E-state index contributed by atoms with van der Waals surface area (Å²) in [5, 5.41) is 5.65. The molecular formula is C50H53F4N7O5. The maximum Gasteiger partial charge on any atom is 0.407 e. The molecule has 15 atom stereocenters. The summed E-state index contributed by atoms with van der Waals surface area (Å²) >= 11 is 0. The van der Waals surface area contributed by atoms with Gasteiger partial charge in [-0.25, -0.2) is 32.3 Å². The Morgan fingerprint density at radius 3 is 1.79 bits per heavy atom. The molecule has 1 aliphatic heterocycles. The van der Waals surface area contributed by atoms with Gasteiger partial charge in [-0.2, -0.15) is 0 Å². The molecule has 3 amide bonds. The van der Waals surface area contributed by atoms with Gasteiger partial charge >= 0.3 is 6.09 Å². The molecule has 2 aromatic heterocycles. The third-order valence-electron chi connectivity index (χ3n) is 17.3. The summed E-state index contributed by atoms with van der Waals surface area (Å²) in [5.74, 6) is -7.43. The van der Waals surface area contributed by atoms with Crippen molar-refractivity contribution in [1.29, 1.82) is 0 Å². The first-order chi connectivity index (χ1) is 31.7. The molecule has 5 unspecified atom stereocenters. The van der Waals surface area contributed by atoms with Crippen molar-refractivity contribution < 1.29 is 41.5 Å². The second kappa shape index (κ2) is 15.0. The molecule has 1 saturated heterocycles. The van der Waals surface area contributed by atoms with Gasteiger partial charge in [0.15, 0.2) is 5.78 Å². The molecule has 16 heteroatoms. The lowest BCUT2D eigenvalue weighted by atomic mass is 9.79. The topological polar surface area (TPSA) is 162 Å². The molecule has 4 N–H and O–H groups in total. The van der Waals surface area contributed by atoms with Crippen LogP contribution in [0.3, 0.4) is 0 Å². The summed E-state index contributed by atoms with van der Waals surface area (Å²) in [7, 11) is 1.23. The van der Waals surface area contributed by atoms with E-state index in [4.69, 9.17) is 14.7 Å². The zero-order valence-corrected chi connectivity index (χ0v) is 36.7. The van der Waals surface area contributed by atoms with Crippen molar-refractivity contribution in [3.05, 3.63) is 72.6 Å². The number of imidazole rings is 2. The number of ether oxygens (including phenoxy) is 1. The Kier molecular flexibility index (Phi) is 9.50. The molecule has 12 nitrogen and oxygen atoms in total. The first-order valence-corrected chi connectivity index (χ1v) is 23.8. The summed E-state index contributed by atoms with van der Waals surface area (Å²) < 4.78 is 61.3. The highest BCUT2D eigenvalue weighted by atomic mass is 19.3. The number of amides is 3. The number of nitrogens with zero attached hydrogens (tertiary/aromatic N) is 3. The first kappa shape index (κ1) is 41.9. The summed E-state index contributed by atoms with van der Waals surface area (Å²) in [6.07, 6.45) is 7.34. The van der Waals surface area contributed by atoms with E-state index < -0.39 is 53.7 Å². The number of alkyl carbamates (subject to hydrolysis) is 1. The van der Waals surface area contributed by atoms with E-state index in [9.17, 15) is 36.7 Å². The van der Waals surface area contributed by atoms with Crippen molar-refractivity contribution in [3.8, 4) is 33.6 Å². The van der Waals surface area contributed by atoms with Crippen molar-refractivity contribution in [2.75, 3.05) is 7.11 Å². The summed E-state index contributed by atoms with van der Waals surface area (Å²) in [6.45, 7) is 1.74. The Labute approximate surface area is 378 Å². The summed E-state index contributed by atoms with van der Waals surface area (Å²) in [4.78, 5) is 71.9. The number of likely N-dealkylation sites (tertiary alicyclic amines) is 1. The number of nitrogens with one attached hydrogen (secondary N) is 4. The molecule has 346 valence electrons. The smallest absolute Gasteiger partial charge is 0.407 e. The highest BCUT2D eigenvalue weighted by Gasteiger charge is 2.74. The van der Waals surface area contributed by atoms with Crippen molar-refractivity contribution in [2.45, 2.75) is 107 Å². The van der Waals surface area contributed by atoms with E-state index in [1.807, 2.05) is 53.4 Å². The van der Waals surface area contributed by atoms with E-state index in [1.54, 1.807) is 19.3 Å². The minimum Gasteiger partial charge on any atom is -0.453 e. The molecule has 7 aliphatic carbocycles. The van der Waals surface area contributed by atoms with E-state index in [0.717, 1.165) is 65.1 Å². The van der Waals surface area contributed by atoms with Gasteiger partial charge in [-0.05, 0) is 103 Å². The van der Waals surface area contributed by atoms with Gasteiger partial charge in [-0.1, -0.05) is 55.5 Å². The number of ketones is 1. The second-order valence-electron chi connectivity index (χ2n) is 20.8. The van der Waals surface area contributed by atoms with Crippen molar-refractivity contribution in [3.63, 3.8) is 0 Å². The monoisotopic (exact) mass is 907 g/mol. The first-order valence-electron chi connectivity index (χ1n) is 23.8. The minimum atomic E-state index is -2.69. The van der Waals surface area contributed by atoms with E-state index >= 15 is 0 Å². The Morgan fingerprint density at radius 1 is 0.697 bits per heavy atom. The zero-order chi connectivity index (χ0) is 45.6. The van der Waals surface area contributed by atoms with E-state index in [0.29, 0.717) is 17.7 Å². The molecule has 4 aromatic rings. The van der Waals surface area contributed by atoms with Crippen LogP contribution in [-0.2, 0) is 19.1 Å². The molecule has 8 fully saturated rings. The van der Waals surface area contributed by atoms with Crippen LogP contribution in [0, 0.1) is 59.2 Å². The predicted molar refractivity (Wildman–Crippen MR) is 231 cm³/mol. The number of aromatic nitrogens is 4. The van der Waals surface area contributed by atoms with E-state index in [-0.39, 0.29) is 91.4 Å².